The zero-order chi connectivity index (χ0) is 18.8. The van der Waals surface area contributed by atoms with Gasteiger partial charge in [-0.25, -0.2) is 4.79 Å². The van der Waals surface area contributed by atoms with Gasteiger partial charge in [-0.15, -0.1) is 0 Å². The molecule has 6 heteroatoms. The number of esters is 1. The second-order valence-electron chi connectivity index (χ2n) is 5.70. The fourth-order valence-electron chi connectivity index (χ4n) is 2.68. The van der Waals surface area contributed by atoms with Gasteiger partial charge in [-0.2, -0.15) is 0 Å². The fraction of sp³-hybridized carbons (Fsp3) is 0. The summed E-state index contributed by atoms with van der Waals surface area (Å²) in [4.78, 5) is 29.4. The highest BCUT2D eigenvalue weighted by Crippen LogP contribution is 2.35. The monoisotopic (exact) mass is 377 g/mol. The van der Waals surface area contributed by atoms with Crippen molar-refractivity contribution < 1.29 is 13.9 Å². The largest absolute Gasteiger partial charge is 0.452 e. The summed E-state index contributed by atoms with van der Waals surface area (Å²) >= 11 is 6.28. The average Bonchev–Trinajstić information content (AvgIpc) is 2.71. The average molecular weight is 378 g/mol. The van der Waals surface area contributed by atoms with Crippen LogP contribution < -0.4 is 10.2 Å². The second kappa shape index (κ2) is 7.05. The molecule has 0 saturated heterocycles. The van der Waals surface area contributed by atoms with E-state index in [9.17, 15) is 9.59 Å². The van der Waals surface area contributed by atoms with Gasteiger partial charge in [-0.3, -0.25) is 9.78 Å². The first-order chi connectivity index (χ1) is 13.1. The first-order valence-corrected chi connectivity index (χ1v) is 8.46. The Kier molecular flexibility index (Phi) is 4.44. The Hall–Kier alpha value is -3.44. The molecule has 2 heterocycles. The molecule has 0 unspecified atom stereocenters. The normalized spacial score (nSPS) is 10.7. The van der Waals surface area contributed by atoms with E-state index < -0.39 is 11.4 Å². The van der Waals surface area contributed by atoms with Crippen LogP contribution in [-0.2, 0) is 0 Å². The fourth-order valence-corrected chi connectivity index (χ4v) is 2.90. The van der Waals surface area contributed by atoms with Crippen LogP contribution in [0.15, 0.2) is 82.3 Å². The molecule has 27 heavy (non-hydrogen) atoms. The topological polar surface area (TPSA) is 69.4 Å². The van der Waals surface area contributed by atoms with Crippen molar-refractivity contribution in [3.05, 3.63) is 93.9 Å². The molecule has 0 radical (unpaired) electrons. The van der Waals surface area contributed by atoms with Crippen LogP contribution in [0.1, 0.15) is 10.4 Å². The molecule has 2 aromatic heterocycles. The summed E-state index contributed by atoms with van der Waals surface area (Å²) in [6.45, 7) is 0. The molecule has 0 fully saturated rings. The van der Waals surface area contributed by atoms with E-state index in [1.165, 1.54) is 12.4 Å². The first kappa shape index (κ1) is 17.0. The van der Waals surface area contributed by atoms with E-state index in [1.54, 1.807) is 60.7 Å². The van der Waals surface area contributed by atoms with Crippen molar-refractivity contribution in [3.63, 3.8) is 0 Å². The van der Waals surface area contributed by atoms with Crippen molar-refractivity contribution in [2.75, 3.05) is 0 Å². The predicted octanol–water partition coefficient (Wildman–Crippen LogP) is 4.73. The Labute approximate surface area is 158 Å². The Bertz CT molecular complexity index is 1200. The summed E-state index contributed by atoms with van der Waals surface area (Å²) in [5.41, 5.74) is 0.591. The number of rotatable bonds is 3. The number of benzene rings is 2. The molecule has 0 atom stereocenters. The number of para-hydroxylation sites is 1. The lowest BCUT2D eigenvalue weighted by Gasteiger charge is -2.11. The molecule has 4 rings (SSSR count). The summed E-state index contributed by atoms with van der Waals surface area (Å²) in [6.07, 6.45) is 2.90. The van der Waals surface area contributed by atoms with Gasteiger partial charge in [-0.05, 0) is 36.4 Å². The SMILES string of the molecule is O=C(Oc1c(-c2ccccc2Cl)oc2ccccc2c1=O)c1cccnc1. The molecule has 0 amide bonds. The second-order valence-corrected chi connectivity index (χ2v) is 6.10. The van der Waals surface area contributed by atoms with Gasteiger partial charge in [0.1, 0.15) is 5.58 Å². The number of hydrogen-bond acceptors (Lipinski definition) is 5. The number of ether oxygens (including phenoxy) is 1. The molecule has 5 nitrogen and oxygen atoms in total. The molecule has 0 aliphatic heterocycles. The molecule has 0 saturated carbocycles. The van der Waals surface area contributed by atoms with Gasteiger partial charge in [0.05, 0.1) is 16.0 Å². The maximum absolute atomic E-state index is 13.0. The zero-order valence-corrected chi connectivity index (χ0v) is 14.6. The highest BCUT2D eigenvalue weighted by Gasteiger charge is 2.22. The quantitative estimate of drug-likeness (QED) is 0.483. The molecule has 2 aromatic carbocycles. The van der Waals surface area contributed by atoms with Crippen molar-refractivity contribution in [2.24, 2.45) is 0 Å². The minimum Gasteiger partial charge on any atom is -0.452 e. The van der Waals surface area contributed by atoms with E-state index >= 15 is 0 Å². The van der Waals surface area contributed by atoms with E-state index in [0.29, 0.717) is 21.6 Å². The van der Waals surface area contributed by atoms with Crippen molar-refractivity contribution in [1.82, 2.24) is 4.98 Å². The standard InChI is InChI=1S/C21H12ClNO4/c22-16-9-3-1-7-14(16)19-20(27-21(25)13-6-5-11-23-12-13)18(24)15-8-2-4-10-17(15)26-19/h1-12H. The Morgan fingerprint density at radius 2 is 1.78 bits per heavy atom. The number of aromatic nitrogens is 1. The van der Waals surface area contributed by atoms with E-state index in [1.807, 2.05) is 0 Å². The third-order valence-corrected chi connectivity index (χ3v) is 4.30. The number of hydrogen-bond donors (Lipinski definition) is 0. The number of carbonyl (C=O) groups excluding carboxylic acids is 1. The van der Waals surface area contributed by atoms with Gasteiger partial charge in [0, 0.05) is 18.0 Å². The molecule has 0 spiro atoms. The molecular formula is C21H12ClNO4. The minimum atomic E-state index is -0.709. The van der Waals surface area contributed by atoms with Crippen LogP contribution in [0.25, 0.3) is 22.3 Å². The van der Waals surface area contributed by atoms with Gasteiger partial charge >= 0.3 is 5.97 Å². The molecule has 0 aliphatic rings. The van der Waals surface area contributed by atoms with E-state index in [0.717, 1.165) is 0 Å². The third kappa shape index (κ3) is 3.20. The lowest BCUT2D eigenvalue weighted by atomic mass is 10.1. The van der Waals surface area contributed by atoms with Gasteiger partial charge in [0.2, 0.25) is 11.2 Å². The van der Waals surface area contributed by atoms with E-state index in [2.05, 4.69) is 4.98 Å². The maximum Gasteiger partial charge on any atom is 0.345 e. The lowest BCUT2D eigenvalue weighted by molar-refractivity contribution is 0.0731. The summed E-state index contributed by atoms with van der Waals surface area (Å²) < 4.78 is 11.3. The van der Waals surface area contributed by atoms with E-state index in [-0.39, 0.29) is 17.1 Å². The summed E-state index contributed by atoms with van der Waals surface area (Å²) in [5.74, 6) is -0.823. The Morgan fingerprint density at radius 3 is 2.56 bits per heavy atom. The minimum absolute atomic E-state index is 0.0986. The summed E-state index contributed by atoms with van der Waals surface area (Å²) in [7, 11) is 0. The van der Waals surface area contributed by atoms with Crippen LogP contribution in [0.4, 0.5) is 0 Å². The molecule has 0 N–H and O–H groups in total. The Morgan fingerprint density at radius 1 is 1.00 bits per heavy atom. The summed E-state index contributed by atoms with van der Waals surface area (Å²) in [6, 6.07) is 16.8. The van der Waals surface area contributed by atoms with Gasteiger partial charge < -0.3 is 9.15 Å². The van der Waals surface area contributed by atoms with Crippen molar-refractivity contribution in [1.29, 1.82) is 0 Å². The first-order valence-electron chi connectivity index (χ1n) is 8.08. The van der Waals surface area contributed by atoms with Crippen LogP contribution in [0, 0.1) is 0 Å². The van der Waals surface area contributed by atoms with Crippen LogP contribution >= 0.6 is 11.6 Å². The highest BCUT2D eigenvalue weighted by atomic mass is 35.5. The number of carbonyl (C=O) groups is 1. The van der Waals surface area contributed by atoms with Crippen LogP contribution in [0.2, 0.25) is 5.02 Å². The Balaban J connectivity index is 1.93. The van der Waals surface area contributed by atoms with Crippen molar-refractivity contribution in [3.8, 4) is 17.1 Å². The van der Waals surface area contributed by atoms with E-state index in [4.69, 9.17) is 20.8 Å². The van der Waals surface area contributed by atoms with Gasteiger partial charge in [-0.1, -0.05) is 35.9 Å². The number of halogens is 1. The zero-order valence-electron chi connectivity index (χ0n) is 13.9. The smallest absolute Gasteiger partial charge is 0.345 e. The molecule has 132 valence electrons. The summed E-state index contributed by atoms with van der Waals surface area (Å²) in [5, 5.41) is 0.678. The van der Waals surface area contributed by atoms with Crippen LogP contribution in [0.5, 0.6) is 5.75 Å². The van der Waals surface area contributed by atoms with Crippen LogP contribution in [0.3, 0.4) is 0 Å². The predicted molar refractivity (Wildman–Crippen MR) is 102 cm³/mol. The molecule has 0 bridgehead atoms. The third-order valence-electron chi connectivity index (χ3n) is 3.97. The maximum atomic E-state index is 13.0. The van der Waals surface area contributed by atoms with Gasteiger partial charge in [0.15, 0.2) is 5.76 Å². The van der Waals surface area contributed by atoms with Crippen molar-refractivity contribution in [2.45, 2.75) is 0 Å². The molecular weight excluding hydrogens is 366 g/mol. The molecule has 4 aromatic rings. The van der Waals surface area contributed by atoms with Crippen molar-refractivity contribution >= 4 is 28.5 Å². The number of nitrogens with zero attached hydrogens (tertiary/aromatic N) is 1. The lowest BCUT2D eigenvalue weighted by Crippen LogP contribution is -2.16. The van der Waals surface area contributed by atoms with Crippen LogP contribution in [-0.4, -0.2) is 11.0 Å². The number of pyridine rings is 1. The number of fused-ring (bicyclic) bond motifs is 1. The molecule has 0 aliphatic carbocycles. The van der Waals surface area contributed by atoms with Gasteiger partial charge in [0.25, 0.3) is 0 Å². The highest BCUT2D eigenvalue weighted by molar-refractivity contribution is 6.33.